The number of anilines is 2. The van der Waals surface area contributed by atoms with E-state index >= 15 is 0 Å². The molecule has 6 heteroatoms. The Bertz CT molecular complexity index is 312. The second-order valence-corrected chi connectivity index (χ2v) is 4.09. The van der Waals surface area contributed by atoms with Crippen molar-refractivity contribution >= 4 is 23.4 Å². The number of thioether (sulfide) groups is 1. The van der Waals surface area contributed by atoms with E-state index in [4.69, 9.17) is 0 Å². The van der Waals surface area contributed by atoms with Crippen molar-refractivity contribution in [3.05, 3.63) is 6.07 Å². The van der Waals surface area contributed by atoms with Gasteiger partial charge in [0.05, 0.1) is 6.10 Å². The second-order valence-electron chi connectivity index (χ2n) is 3.32. The molecule has 0 amide bonds. The molecule has 1 aromatic rings. The zero-order valence-electron chi connectivity index (χ0n) is 9.82. The first kappa shape index (κ1) is 13.1. The quantitative estimate of drug-likeness (QED) is 0.518. The largest absolute Gasteiger partial charge is 0.391 e. The zero-order valence-corrected chi connectivity index (χ0v) is 10.6. The van der Waals surface area contributed by atoms with Crippen LogP contribution in [0.4, 0.5) is 11.6 Å². The molecule has 0 aliphatic rings. The molecule has 1 rings (SSSR count). The number of aliphatic hydroxyl groups is 1. The summed E-state index contributed by atoms with van der Waals surface area (Å²) < 4.78 is 0. The van der Waals surface area contributed by atoms with Gasteiger partial charge < -0.3 is 15.7 Å². The van der Waals surface area contributed by atoms with E-state index in [1.54, 1.807) is 0 Å². The van der Waals surface area contributed by atoms with Crippen molar-refractivity contribution in [3.63, 3.8) is 0 Å². The van der Waals surface area contributed by atoms with E-state index in [1.165, 1.54) is 11.8 Å². The van der Waals surface area contributed by atoms with Gasteiger partial charge in [0.2, 0.25) is 0 Å². The highest BCUT2D eigenvalue weighted by Crippen LogP contribution is 2.16. The predicted octanol–water partition coefficient (Wildman–Crippen LogP) is 1.42. The van der Waals surface area contributed by atoms with E-state index in [1.807, 2.05) is 26.3 Å². The predicted molar refractivity (Wildman–Crippen MR) is 68.1 cm³/mol. The minimum Gasteiger partial charge on any atom is -0.391 e. The van der Waals surface area contributed by atoms with E-state index in [2.05, 4.69) is 20.6 Å². The lowest BCUT2D eigenvalue weighted by Crippen LogP contribution is -2.19. The number of nitrogens with zero attached hydrogens (tertiary/aromatic N) is 2. The molecule has 0 bridgehead atoms. The summed E-state index contributed by atoms with van der Waals surface area (Å²) in [6.45, 7) is 2.45. The molecule has 3 N–H and O–H groups in total. The molecule has 0 saturated heterocycles. The molecule has 1 aromatic heterocycles. The number of hydrogen-bond donors (Lipinski definition) is 3. The highest BCUT2D eigenvalue weighted by atomic mass is 32.2. The van der Waals surface area contributed by atoms with Crippen LogP contribution in [0.25, 0.3) is 0 Å². The van der Waals surface area contributed by atoms with Crippen molar-refractivity contribution in [3.8, 4) is 0 Å². The fourth-order valence-corrected chi connectivity index (χ4v) is 1.48. The van der Waals surface area contributed by atoms with Crippen molar-refractivity contribution in [1.82, 2.24) is 9.97 Å². The van der Waals surface area contributed by atoms with Gasteiger partial charge in [-0.1, -0.05) is 18.7 Å². The molecule has 1 unspecified atom stereocenters. The van der Waals surface area contributed by atoms with Gasteiger partial charge in [-0.25, -0.2) is 9.97 Å². The molecule has 0 radical (unpaired) electrons. The molecular weight excluding hydrogens is 224 g/mol. The Hall–Kier alpha value is -1.01. The Morgan fingerprint density at radius 2 is 2.12 bits per heavy atom. The Labute approximate surface area is 100 Å². The standard InChI is InChI=1S/C10H18N4OS/c1-4-7(15)6-12-9-5-8(11-2)13-10(14-9)16-3/h5,7,15H,4,6H2,1-3H3,(H2,11,12,13,14). The average molecular weight is 242 g/mol. The Morgan fingerprint density at radius 1 is 1.44 bits per heavy atom. The highest BCUT2D eigenvalue weighted by molar-refractivity contribution is 7.98. The maximum absolute atomic E-state index is 9.45. The fraction of sp³-hybridized carbons (Fsp3) is 0.600. The van der Waals surface area contributed by atoms with Crippen molar-refractivity contribution in [2.45, 2.75) is 24.6 Å². The van der Waals surface area contributed by atoms with Crippen LogP contribution in [0.1, 0.15) is 13.3 Å². The van der Waals surface area contributed by atoms with Crippen molar-refractivity contribution in [2.75, 3.05) is 30.5 Å². The van der Waals surface area contributed by atoms with Crippen molar-refractivity contribution in [1.29, 1.82) is 0 Å². The molecule has 0 aliphatic carbocycles. The van der Waals surface area contributed by atoms with Gasteiger partial charge in [-0.3, -0.25) is 0 Å². The lowest BCUT2D eigenvalue weighted by molar-refractivity contribution is 0.183. The third kappa shape index (κ3) is 3.86. The van der Waals surface area contributed by atoms with Gasteiger partial charge in [-0.15, -0.1) is 0 Å². The summed E-state index contributed by atoms with van der Waals surface area (Å²) in [5.74, 6) is 1.50. The van der Waals surface area contributed by atoms with Crippen LogP contribution in [-0.4, -0.2) is 41.0 Å². The maximum atomic E-state index is 9.45. The molecule has 90 valence electrons. The van der Waals surface area contributed by atoms with Gasteiger partial charge in [0.1, 0.15) is 11.6 Å². The molecule has 1 atom stereocenters. The number of aliphatic hydroxyl groups excluding tert-OH is 1. The Balaban J connectivity index is 2.71. The van der Waals surface area contributed by atoms with Gasteiger partial charge in [-0.05, 0) is 12.7 Å². The number of rotatable bonds is 6. The molecule has 0 fully saturated rings. The second kappa shape index (κ2) is 6.55. The summed E-state index contributed by atoms with van der Waals surface area (Å²) in [5.41, 5.74) is 0. The van der Waals surface area contributed by atoms with E-state index in [9.17, 15) is 5.11 Å². The molecule has 5 nitrogen and oxygen atoms in total. The van der Waals surface area contributed by atoms with Gasteiger partial charge in [0.15, 0.2) is 5.16 Å². The van der Waals surface area contributed by atoms with Crippen LogP contribution in [0.2, 0.25) is 0 Å². The minimum absolute atomic E-state index is 0.342. The molecule has 0 aliphatic heterocycles. The molecule has 1 heterocycles. The normalized spacial score (nSPS) is 12.2. The van der Waals surface area contributed by atoms with Gasteiger partial charge in [0, 0.05) is 19.7 Å². The van der Waals surface area contributed by atoms with E-state index in [-0.39, 0.29) is 6.10 Å². The van der Waals surface area contributed by atoms with E-state index in [0.29, 0.717) is 11.7 Å². The zero-order chi connectivity index (χ0) is 12.0. The van der Waals surface area contributed by atoms with Crippen LogP contribution in [0.15, 0.2) is 11.2 Å². The molecule has 0 saturated carbocycles. The van der Waals surface area contributed by atoms with Gasteiger partial charge in [0.25, 0.3) is 0 Å². The van der Waals surface area contributed by atoms with Crippen LogP contribution in [0, 0.1) is 0 Å². The summed E-state index contributed by atoms with van der Waals surface area (Å²) in [6, 6.07) is 1.82. The summed E-state index contributed by atoms with van der Waals surface area (Å²) in [5, 5.41) is 16.2. The van der Waals surface area contributed by atoms with Crippen LogP contribution < -0.4 is 10.6 Å². The fourth-order valence-electron chi connectivity index (χ4n) is 1.10. The van der Waals surface area contributed by atoms with Crippen LogP contribution in [0.5, 0.6) is 0 Å². The molecular formula is C10H18N4OS. The van der Waals surface area contributed by atoms with Crippen molar-refractivity contribution in [2.24, 2.45) is 0 Å². The first-order valence-electron chi connectivity index (χ1n) is 5.22. The summed E-state index contributed by atoms with van der Waals surface area (Å²) in [4.78, 5) is 8.55. The maximum Gasteiger partial charge on any atom is 0.191 e. The third-order valence-electron chi connectivity index (χ3n) is 2.13. The Morgan fingerprint density at radius 3 is 2.69 bits per heavy atom. The minimum atomic E-state index is -0.342. The van der Waals surface area contributed by atoms with Crippen LogP contribution >= 0.6 is 11.8 Å². The number of aromatic nitrogens is 2. The lowest BCUT2D eigenvalue weighted by atomic mass is 10.3. The smallest absolute Gasteiger partial charge is 0.191 e. The van der Waals surface area contributed by atoms with Crippen LogP contribution in [-0.2, 0) is 0 Å². The van der Waals surface area contributed by atoms with E-state index < -0.39 is 0 Å². The van der Waals surface area contributed by atoms with Gasteiger partial charge in [-0.2, -0.15) is 0 Å². The SMILES string of the molecule is CCC(O)CNc1cc(NC)nc(SC)n1. The molecule has 0 aromatic carbocycles. The summed E-state index contributed by atoms with van der Waals surface area (Å²) in [6.07, 6.45) is 2.32. The molecule has 16 heavy (non-hydrogen) atoms. The van der Waals surface area contributed by atoms with Crippen LogP contribution in [0.3, 0.4) is 0 Å². The monoisotopic (exact) mass is 242 g/mol. The summed E-state index contributed by atoms with van der Waals surface area (Å²) in [7, 11) is 1.82. The Kier molecular flexibility index (Phi) is 5.34. The van der Waals surface area contributed by atoms with E-state index in [0.717, 1.165) is 18.1 Å². The first-order chi connectivity index (χ1) is 7.69. The summed E-state index contributed by atoms with van der Waals surface area (Å²) >= 11 is 1.49. The van der Waals surface area contributed by atoms with Gasteiger partial charge >= 0.3 is 0 Å². The van der Waals surface area contributed by atoms with Crippen molar-refractivity contribution < 1.29 is 5.11 Å². The first-order valence-corrected chi connectivity index (χ1v) is 6.44. The lowest BCUT2D eigenvalue weighted by Gasteiger charge is -2.11. The average Bonchev–Trinajstić information content (AvgIpc) is 2.35. The topological polar surface area (TPSA) is 70.1 Å². The molecule has 0 spiro atoms. The number of nitrogens with one attached hydrogen (secondary N) is 2. The number of hydrogen-bond acceptors (Lipinski definition) is 6. The third-order valence-corrected chi connectivity index (χ3v) is 2.68. The highest BCUT2D eigenvalue weighted by Gasteiger charge is 2.04.